The lowest BCUT2D eigenvalue weighted by atomic mass is 10.1. The zero-order valence-corrected chi connectivity index (χ0v) is 16.8. The van der Waals surface area contributed by atoms with Gasteiger partial charge in [0, 0.05) is 11.3 Å². The Morgan fingerprint density at radius 3 is 2.31 bits per heavy atom. The van der Waals surface area contributed by atoms with Crippen LogP contribution in [-0.2, 0) is 6.18 Å². The average molecular weight is 446 g/mol. The number of amides is 1. The third-order valence-electron chi connectivity index (χ3n) is 4.58. The van der Waals surface area contributed by atoms with E-state index in [-0.39, 0.29) is 28.1 Å². The molecule has 0 saturated heterocycles. The lowest BCUT2D eigenvalue weighted by Gasteiger charge is -2.08. The van der Waals surface area contributed by atoms with E-state index in [4.69, 9.17) is 5.11 Å². The van der Waals surface area contributed by atoms with Gasteiger partial charge in [0.25, 0.3) is 11.5 Å². The number of hydrogen-bond donors (Lipinski definition) is 3. The number of aromatic amines is 1. The number of H-pyrrole nitrogens is 1. The van der Waals surface area contributed by atoms with Crippen LogP contribution in [-0.4, -0.2) is 32.5 Å². The molecule has 1 heterocycles. The standard InChI is InChI=1S/C21H17F3N4O4/c1-11(25-26-18(29)13-6-8-14(9-7-13)20(31)32)17-12(2)27-28(19(17)30)16-5-3-4-15(10-16)21(22,23)24/h3-10,27H,1-2H3,(H,26,29)(H,31,32)/b25-11+. The monoisotopic (exact) mass is 446 g/mol. The third-order valence-corrected chi connectivity index (χ3v) is 4.58. The molecule has 0 radical (unpaired) electrons. The number of carbonyl (C=O) groups is 2. The molecule has 0 atom stereocenters. The van der Waals surface area contributed by atoms with Crippen LogP contribution < -0.4 is 11.0 Å². The van der Waals surface area contributed by atoms with E-state index >= 15 is 0 Å². The molecule has 0 aliphatic carbocycles. The van der Waals surface area contributed by atoms with Crippen molar-refractivity contribution in [2.75, 3.05) is 0 Å². The van der Waals surface area contributed by atoms with Crippen molar-refractivity contribution in [3.63, 3.8) is 0 Å². The Bertz CT molecular complexity index is 1270. The van der Waals surface area contributed by atoms with Gasteiger partial charge in [0.05, 0.1) is 28.1 Å². The maximum absolute atomic E-state index is 13.0. The quantitative estimate of drug-likeness (QED) is 0.412. The minimum Gasteiger partial charge on any atom is -0.478 e. The van der Waals surface area contributed by atoms with Crippen molar-refractivity contribution in [3.05, 3.63) is 86.8 Å². The fraction of sp³-hybridized carbons (Fsp3) is 0.143. The van der Waals surface area contributed by atoms with Gasteiger partial charge in [-0.1, -0.05) is 6.07 Å². The van der Waals surface area contributed by atoms with Gasteiger partial charge in [0.2, 0.25) is 0 Å². The first-order chi connectivity index (χ1) is 15.0. The predicted octanol–water partition coefficient (Wildman–Crippen LogP) is 3.35. The lowest BCUT2D eigenvalue weighted by Crippen LogP contribution is -2.23. The number of carboxylic acid groups (broad SMARTS) is 1. The molecule has 3 aromatic rings. The summed E-state index contributed by atoms with van der Waals surface area (Å²) in [6, 6.07) is 9.43. The number of nitrogens with zero attached hydrogens (tertiary/aromatic N) is 2. The average Bonchev–Trinajstić information content (AvgIpc) is 3.05. The number of benzene rings is 2. The van der Waals surface area contributed by atoms with Crippen LogP contribution in [0.2, 0.25) is 0 Å². The Balaban J connectivity index is 1.86. The van der Waals surface area contributed by atoms with Gasteiger partial charge in [-0.05, 0) is 56.3 Å². The maximum Gasteiger partial charge on any atom is 0.416 e. The van der Waals surface area contributed by atoms with Crippen molar-refractivity contribution in [1.82, 2.24) is 15.2 Å². The smallest absolute Gasteiger partial charge is 0.416 e. The molecule has 3 rings (SSSR count). The Hall–Kier alpha value is -4.15. The van der Waals surface area contributed by atoms with Crippen LogP contribution in [0.4, 0.5) is 13.2 Å². The molecule has 32 heavy (non-hydrogen) atoms. The van der Waals surface area contributed by atoms with Gasteiger partial charge < -0.3 is 5.11 Å². The summed E-state index contributed by atoms with van der Waals surface area (Å²) in [4.78, 5) is 35.9. The van der Waals surface area contributed by atoms with Gasteiger partial charge in [-0.25, -0.2) is 14.9 Å². The van der Waals surface area contributed by atoms with Crippen LogP contribution in [0.15, 0.2) is 58.4 Å². The number of nitrogens with one attached hydrogen (secondary N) is 2. The van der Waals surface area contributed by atoms with Gasteiger partial charge in [0.1, 0.15) is 0 Å². The van der Waals surface area contributed by atoms with Crippen molar-refractivity contribution in [3.8, 4) is 5.69 Å². The zero-order chi connectivity index (χ0) is 23.6. The van der Waals surface area contributed by atoms with E-state index in [9.17, 15) is 27.6 Å². The van der Waals surface area contributed by atoms with Crippen molar-refractivity contribution in [2.45, 2.75) is 20.0 Å². The molecular formula is C21H17F3N4O4. The first kappa shape index (κ1) is 22.5. The van der Waals surface area contributed by atoms with E-state index in [0.29, 0.717) is 5.69 Å². The summed E-state index contributed by atoms with van der Waals surface area (Å²) in [7, 11) is 0. The number of aromatic nitrogens is 2. The minimum atomic E-state index is -4.56. The van der Waals surface area contributed by atoms with Crippen LogP contribution in [0.1, 0.15) is 44.5 Å². The minimum absolute atomic E-state index is 0.00506. The largest absolute Gasteiger partial charge is 0.478 e. The molecule has 0 aliphatic rings. The number of aromatic carboxylic acids is 1. The fourth-order valence-corrected chi connectivity index (χ4v) is 3.00. The summed E-state index contributed by atoms with van der Waals surface area (Å²) in [5.41, 5.74) is 1.45. The van der Waals surface area contributed by atoms with E-state index in [1.165, 1.54) is 43.3 Å². The van der Waals surface area contributed by atoms with E-state index in [2.05, 4.69) is 15.6 Å². The highest BCUT2D eigenvalue weighted by molar-refractivity contribution is 6.01. The molecule has 0 spiro atoms. The highest BCUT2D eigenvalue weighted by Crippen LogP contribution is 2.30. The molecule has 2 aromatic carbocycles. The Morgan fingerprint density at radius 2 is 1.72 bits per heavy atom. The highest BCUT2D eigenvalue weighted by atomic mass is 19.4. The van der Waals surface area contributed by atoms with Crippen LogP contribution in [0.5, 0.6) is 0 Å². The van der Waals surface area contributed by atoms with Crippen LogP contribution in [0.3, 0.4) is 0 Å². The first-order valence-electron chi connectivity index (χ1n) is 9.16. The number of rotatable bonds is 5. The van der Waals surface area contributed by atoms with Gasteiger partial charge in [-0.3, -0.25) is 14.7 Å². The van der Waals surface area contributed by atoms with Crippen LogP contribution in [0.25, 0.3) is 5.69 Å². The molecule has 0 aliphatic heterocycles. The summed E-state index contributed by atoms with van der Waals surface area (Å²) in [5, 5.41) is 15.5. The summed E-state index contributed by atoms with van der Waals surface area (Å²) >= 11 is 0. The SMILES string of the molecule is C/C(=N\NC(=O)c1ccc(C(=O)O)cc1)c1c(C)[nH]n(-c2cccc(C(F)(F)F)c2)c1=O. The first-order valence-corrected chi connectivity index (χ1v) is 9.16. The second kappa shape index (κ2) is 8.53. The van der Waals surface area contributed by atoms with Crippen LogP contribution in [0, 0.1) is 6.92 Å². The summed E-state index contributed by atoms with van der Waals surface area (Å²) in [6.07, 6.45) is -4.56. The Morgan fingerprint density at radius 1 is 1.09 bits per heavy atom. The molecule has 0 bridgehead atoms. The molecule has 3 N–H and O–H groups in total. The van der Waals surface area contributed by atoms with Crippen LogP contribution >= 0.6 is 0 Å². The molecule has 11 heteroatoms. The number of halogens is 3. The number of aryl methyl sites for hydroxylation is 1. The number of alkyl halides is 3. The fourth-order valence-electron chi connectivity index (χ4n) is 3.00. The zero-order valence-electron chi connectivity index (χ0n) is 16.8. The molecule has 0 saturated carbocycles. The van der Waals surface area contributed by atoms with Crippen molar-refractivity contribution < 1.29 is 27.9 Å². The molecule has 0 fully saturated rings. The second-order valence-corrected chi connectivity index (χ2v) is 6.82. The number of carboxylic acids is 1. The highest BCUT2D eigenvalue weighted by Gasteiger charge is 2.30. The molecule has 8 nitrogen and oxygen atoms in total. The molecule has 166 valence electrons. The predicted molar refractivity (Wildman–Crippen MR) is 109 cm³/mol. The van der Waals surface area contributed by atoms with E-state index in [0.717, 1.165) is 16.8 Å². The number of hydrogen-bond acceptors (Lipinski definition) is 4. The normalized spacial score (nSPS) is 12.0. The van der Waals surface area contributed by atoms with Crippen molar-refractivity contribution in [1.29, 1.82) is 0 Å². The molecule has 1 amide bonds. The van der Waals surface area contributed by atoms with Gasteiger partial charge >= 0.3 is 12.1 Å². The summed E-state index contributed by atoms with van der Waals surface area (Å²) in [6.45, 7) is 3.01. The Kier molecular flexibility index (Phi) is 6.01. The number of hydrazone groups is 1. The van der Waals surface area contributed by atoms with Crippen molar-refractivity contribution in [2.24, 2.45) is 5.10 Å². The lowest BCUT2D eigenvalue weighted by molar-refractivity contribution is -0.137. The maximum atomic E-state index is 13.0. The second-order valence-electron chi connectivity index (χ2n) is 6.82. The van der Waals surface area contributed by atoms with E-state index in [1.807, 2.05) is 0 Å². The van der Waals surface area contributed by atoms with Gasteiger partial charge in [0.15, 0.2) is 0 Å². The Labute approximate surface area is 179 Å². The topological polar surface area (TPSA) is 117 Å². The molecule has 0 unspecified atom stereocenters. The summed E-state index contributed by atoms with van der Waals surface area (Å²) < 4.78 is 39.9. The third kappa shape index (κ3) is 4.61. The molecule has 1 aromatic heterocycles. The van der Waals surface area contributed by atoms with E-state index in [1.54, 1.807) is 6.92 Å². The van der Waals surface area contributed by atoms with Gasteiger partial charge in [-0.2, -0.15) is 18.3 Å². The number of carbonyl (C=O) groups excluding carboxylic acids is 1. The van der Waals surface area contributed by atoms with E-state index < -0.39 is 29.2 Å². The summed E-state index contributed by atoms with van der Waals surface area (Å²) in [5.74, 6) is -1.77. The molecular weight excluding hydrogens is 429 g/mol. The van der Waals surface area contributed by atoms with Gasteiger partial charge in [-0.15, -0.1) is 0 Å². The van der Waals surface area contributed by atoms with Crippen molar-refractivity contribution >= 4 is 17.6 Å².